The summed E-state index contributed by atoms with van der Waals surface area (Å²) >= 11 is 0. The van der Waals surface area contributed by atoms with Gasteiger partial charge in [0.1, 0.15) is 61.0 Å². The number of ether oxygens (including phenoxy) is 6. The third-order valence-electron chi connectivity index (χ3n) is 15.8. The number of hydrogen-bond acceptors (Lipinski definition) is 26. The smallest absolute Gasteiger partial charge is 0.311 e. The lowest BCUT2D eigenvalue weighted by molar-refractivity contribution is -0.385. The van der Waals surface area contributed by atoms with E-state index >= 15 is 0 Å². The van der Waals surface area contributed by atoms with Crippen molar-refractivity contribution in [1.29, 1.82) is 0 Å². The van der Waals surface area contributed by atoms with E-state index in [4.69, 9.17) is 28.4 Å². The van der Waals surface area contributed by atoms with Crippen LogP contribution >= 0.6 is 0 Å². The molecule has 0 aliphatic rings. The van der Waals surface area contributed by atoms with Gasteiger partial charge >= 0.3 is 11.4 Å². The van der Waals surface area contributed by atoms with Crippen LogP contribution in [0.15, 0.2) is 269 Å². The van der Waals surface area contributed by atoms with Crippen molar-refractivity contribution in [2.45, 2.75) is 20.8 Å². The minimum atomic E-state index is -0.534. The molecule has 0 aliphatic carbocycles. The van der Waals surface area contributed by atoms with Crippen molar-refractivity contribution in [2.24, 2.45) is 0 Å². The van der Waals surface area contributed by atoms with Gasteiger partial charge in [-0.25, -0.2) is 29.9 Å². The number of nitrogens with zero attached hydrogens (tertiary/aromatic N) is 16. The van der Waals surface area contributed by atoms with Crippen molar-refractivity contribution in [3.63, 3.8) is 0 Å². The molecule has 6 aromatic heterocycles. The highest BCUT2D eigenvalue weighted by atomic mass is 16.6. The van der Waals surface area contributed by atoms with Crippen LogP contribution < -0.4 is 28.4 Å². The summed E-state index contributed by atoms with van der Waals surface area (Å²) in [6.45, 7) is 5.02. The molecule has 0 saturated heterocycles. The quantitative estimate of drug-likeness (QED) is 0.0345. The molecule has 6 heterocycles. The summed E-state index contributed by atoms with van der Waals surface area (Å²) in [7, 11) is 8.83. The van der Waals surface area contributed by atoms with Gasteiger partial charge in [-0.3, -0.25) is 96.6 Å². The van der Waals surface area contributed by atoms with Gasteiger partial charge in [0.2, 0.25) is 0 Å². The fraction of sp³-hybridized carbons (Fsp3) is 0.111. The molecule has 0 radical (unpaired) electrons. The van der Waals surface area contributed by atoms with E-state index in [9.17, 15) is 69.2 Å². The van der Waals surface area contributed by atoms with Crippen LogP contribution in [0.2, 0.25) is 0 Å². The van der Waals surface area contributed by atoms with Gasteiger partial charge in [0, 0.05) is 121 Å². The van der Waals surface area contributed by atoms with Gasteiger partial charge < -0.3 is 28.4 Å². The number of aromatic nitrogens is 12. The van der Waals surface area contributed by atoms with Crippen molar-refractivity contribution in [2.75, 3.05) is 42.7 Å². The number of nitro benzene ring substituents is 4. The summed E-state index contributed by atoms with van der Waals surface area (Å²) in [6, 6.07) is 32.9. The maximum atomic E-state index is 12.1. The van der Waals surface area contributed by atoms with Crippen LogP contribution in [0.3, 0.4) is 0 Å². The van der Waals surface area contributed by atoms with Crippen LogP contribution in [0.5, 0.6) is 34.5 Å². The zero-order chi connectivity index (χ0) is 84.9. The molecule has 0 aliphatic heterocycles. The first-order chi connectivity index (χ1) is 56.3. The number of carbonyl (C=O) groups excluding carboxylic acids is 6. The lowest BCUT2D eigenvalue weighted by atomic mass is 10.1. The number of rotatable bonds is 22. The highest BCUT2D eigenvalue weighted by Gasteiger charge is 2.20. The molecular weight excluding hydrogens is 1520 g/mol. The van der Waals surface area contributed by atoms with Crippen molar-refractivity contribution < 1.29 is 76.9 Å². The van der Waals surface area contributed by atoms with Crippen molar-refractivity contribution in [3.8, 4) is 34.5 Å². The predicted octanol–water partition coefficient (Wildman–Crippen LogP) is 14.3. The van der Waals surface area contributed by atoms with E-state index in [1.165, 1.54) is 222 Å². The third-order valence-corrected chi connectivity index (χ3v) is 15.8. The molecule has 12 rings (SSSR count). The normalized spacial score (nSPS) is 11.0. The van der Waals surface area contributed by atoms with E-state index in [0.29, 0.717) is 50.5 Å². The first-order valence-electron chi connectivity index (χ1n) is 34.1. The Kier molecular flexibility index (Phi) is 33.2. The zero-order valence-corrected chi connectivity index (χ0v) is 64.0. The minimum absolute atomic E-state index is 0.0803. The van der Waals surface area contributed by atoms with Crippen LogP contribution in [-0.2, 0) is 0 Å². The molecule has 0 unspecified atom stereocenters. The summed E-state index contributed by atoms with van der Waals surface area (Å²) < 4.78 is 38.0. The molecule has 0 fully saturated rings. The molecule has 0 atom stereocenters. The van der Waals surface area contributed by atoms with E-state index in [1.54, 1.807) is 102 Å². The number of benzene rings is 6. The van der Waals surface area contributed by atoms with Crippen molar-refractivity contribution in [3.05, 3.63) is 342 Å². The number of imidazole rings is 6. The number of nitro groups is 4. The van der Waals surface area contributed by atoms with Gasteiger partial charge in [0.25, 0.3) is 46.8 Å². The average molecular weight is 1590 g/mol. The molecule has 0 spiro atoms. The molecular formula is C81H74N16O20. The molecule has 117 heavy (non-hydrogen) atoms. The highest BCUT2D eigenvalue weighted by molar-refractivity contribution is 6.01. The van der Waals surface area contributed by atoms with Gasteiger partial charge in [0.05, 0.1) is 85.6 Å². The SMILES string of the molecule is COc1ccc(/C=C(\C)C(=O)n2ccnc2)c([N+](=O)[O-])c1.COc1ccc(/C=C(\C)C(=O)n2ccnc2)cc1.COc1ccc(/C=C(\C)C(=O)n2ccnc2)cc1[N+](=O)[O-].COc1ccc(/C=C/C(=O)n2ccnc2)c([N+](=O)[O-])c1.COc1ccc(/C=C/C(=O)n2ccnc2)cc1.COc1ccc(/C=C/C(=O)n2ccnc2)cc1[N+](=O)[O-]. The molecule has 598 valence electrons. The van der Waals surface area contributed by atoms with Crippen molar-refractivity contribution >= 4 is 94.6 Å². The van der Waals surface area contributed by atoms with Crippen LogP contribution in [0, 0.1) is 40.5 Å². The third kappa shape index (κ3) is 26.6. The lowest BCUT2D eigenvalue weighted by Gasteiger charge is -2.04. The molecule has 36 nitrogen and oxygen atoms in total. The first kappa shape index (κ1) is 87.7. The van der Waals surface area contributed by atoms with Gasteiger partial charge in [-0.15, -0.1) is 0 Å². The van der Waals surface area contributed by atoms with Crippen LogP contribution in [0.25, 0.3) is 36.5 Å². The standard InChI is InChI=1S/2C14H13N3O4.C14H14N2O2.2C13H11N3O4.C13H12N2O2/c1-10(14(18)16-6-5-15-9-16)7-11-3-4-12(21-2)8-13(11)17(19)20;1-10(14(18)16-6-5-15-9-16)7-11-3-4-13(21-2)12(8-11)17(19)20;1-11(14(17)16-8-7-15-10-16)9-12-3-5-13(18-2)6-4-12;1-20-11-4-2-10(12(8-11)16(18)19)3-5-13(17)15-7-6-14-9-15;1-20-12-4-2-10(8-11(12)16(18)19)3-5-13(17)15-7-6-14-9-15;1-17-12-5-2-11(3-6-12)4-7-13(16)15-9-8-14-10-15/h2*3-9H,1-2H3;3-10H,1-2H3;2*2-9H,1H3;2-10H,1H3/b2*10-7+;11-9+;2*5-3+;7-4+. The molecule has 0 N–H and O–H groups in total. The second-order valence-corrected chi connectivity index (χ2v) is 23.5. The fourth-order valence-corrected chi connectivity index (χ4v) is 9.78. The molecule has 12 aromatic rings. The van der Waals surface area contributed by atoms with Gasteiger partial charge in [-0.05, 0) is 140 Å². The van der Waals surface area contributed by atoms with E-state index < -0.39 is 19.7 Å². The summed E-state index contributed by atoms with van der Waals surface area (Å²) in [6.07, 6.45) is 40.5. The summed E-state index contributed by atoms with van der Waals surface area (Å²) in [5, 5.41) is 43.9. The maximum absolute atomic E-state index is 12.1. The predicted molar refractivity (Wildman–Crippen MR) is 430 cm³/mol. The van der Waals surface area contributed by atoms with E-state index in [-0.39, 0.29) is 69.7 Å². The molecule has 36 heteroatoms. The Hall–Kier alpha value is -16.6. The lowest BCUT2D eigenvalue weighted by Crippen LogP contribution is -2.09. The van der Waals surface area contributed by atoms with E-state index in [1.807, 2.05) is 54.6 Å². The highest BCUT2D eigenvalue weighted by Crippen LogP contribution is 2.31. The van der Waals surface area contributed by atoms with Crippen LogP contribution in [0.4, 0.5) is 22.7 Å². The summed E-state index contributed by atoms with van der Waals surface area (Å²) in [4.78, 5) is 136. The largest absolute Gasteiger partial charge is 0.497 e. The van der Waals surface area contributed by atoms with Crippen LogP contribution in [0.1, 0.15) is 82.9 Å². The Labute approximate surface area is 666 Å². The number of allylic oxidation sites excluding steroid dienone is 6. The minimum Gasteiger partial charge on any atom is -0.497 e. The summed E-state index contributed by atoms with van der Waals surface area (Å²) in [5.41, 5.74) is 4.56. The summed E-state index contributed by atoms with van der Waals surface area (Å²) in [5.74, 6) is 1.34. The second kappa shape index (κ2) is 44.3. The Morgan fingerprint density at radius 2 is 0.598 bits per heavy atom. The molecule has 0 saturated carbocycles. The Morgan fingerprint density at radius 1 is 0.308 bits per heavy atom. The monoisotopic (exact) mass is 1590 g/mol. The Bertz CT molecular complexity index is 5580. The number of methoxy groups -OCH3 is 6. The number of carbonyl (C=O) groups is 6. The topological polar surface area (TPSA) is 437 Å². The zero-order valence-electron chi connectivity index (χ0n) is 64.0. The fourth-order valence-electron chi connectivity index (χ4n) is 9.78. The molecule has 0 amide bonds. The van der Waals surface area contributed by atoms with E-state index in [0.717, 1.165) is 22.6 Å². The van der Waals surface area contributed by atoms with Crippen LogP contribution in [-0.4, -0.2) is 155 Å². The first-order valence-corrected chi connectivity index (χ1v) is 34.1. The molecule has 0 bridgehead atoms. The van der Waals surface area contributed by atoms with E-state index in [2.05, 4.69) is 29.9 Å². The number of hydrogen-bond donors (Lipinski definition) is 0. The Balaban J connectivity index is 0.000000194. The van der Waals surface area contributed by atoms with Gasteiger partial charge in [-0.2, -0.15) is 0 Å². The van der Waals surface area contributed by atoms with Crippen molar-refractivity contribution in [1.82, 2.24) is 57.3 Å². The molecule has 6 aromatic carbocycles. The Morgan fingerprint density at radius 3 is 0.949 bits per heavy atom. The van der Waals surface area contributed by atoms with Gasteiger partial charge in [0.15, 0.2) is 11.5 Å². The maximum Gasteiger partial charge on any atom is 0.311 e. The van der Waals surface area contributed by atoms with Gasteiger partial charge in [-0.1, -0.05) is 36.4 Å². The second-order valence-electron chi connectivity index (χ2n) is 23.5. The average Bonchev–Trinajstić information content (AvgIpc) is 1.68.